The maximum Gasteiger partial charge on any atom is 0.163 e. The molecular weight excluding hydrogens is 242 g/mol. The molecule has 0 atom stereocenters. The SMILES string of the molecule is CC(C)n1c(CCN)nc2cc3c(cc21)OCCO3. The first-order valence-electron chi connectivity index (χ1n) is 6.71. The lowest BCUT2D eigenvalue weighted by atomic mass is 10.2. The van der Waals surface area contributed by atoms with Gasteiger partial charge in [0.25, 0.3) is 0 Å². The summed E-state index contributed by atoms with van der Waals surface area (Å²) in [6.07, 6.45) is 0.777. The molecule has 0 unspecified atom stereocenters. The molecule has 5 nitrogen and oxygen atoms in total. The normalized spacial score (nSPS) is 14.3. The molecule has 0 amide bonds. The van der Waals surface area contributed by atoms with Gasteiger partial charge < -0.3 is 19.8 Å². The Morgan fingerprint density at radius 3 is 2.58 bits per heavy atom. The highest BCUT2D eigenvalue weighted by Gasteiger charge is 2.18. The molecule has 0 saturated heterocycles. The van der Waals surface area contributed by atoms with Crippen LogP contribution in [0.3, 0.4) is 0 Å². The molecule has 0 spiro atoms. The van der Waals surface area contributed by atoms with Gasteiger partial charge >= 0.3 is 0 Å². The topological polar surface area (TPSA) is 62.3 Å². The molecule has 1 aliphatic heterocycles. The summed E-state index contributed by atoms with van der Waals surface area (Å²) in [5.41, 5.74) is 7.70. The Hall–Kier alpha value is -1.75. The molecule has 102 valence electrons. The van der Waals surface area contributed by atoms with Gasteiger partial charge in [-0.15, -0.1) is 0 Å². The molecule has 2 aromatic rings. The van der Waals surface area contributed by atoms with E-state index in [1.807, 2.05) is 12.1 Å². The number of benzene rings is 1. The van der Waals surface area contributed by atoms with E-state index in [1.165, 1.54) is 0 Å². The van der Waals surface area contributed by atoms with Gasteiger partial charge in [0.05, 0.1) is 11.0 Å². The zero-order chi connectivity index (χ0) is 13.4. The van der Waals surface area contributed by atoms with E-state index in [2.05, 4.69) is 23.4 Å². The van der Waals surface area contributed by atoms with Gasteiger partial charge in [-0.2, -0.15) is 0 Å². The van der Waals surface area contributed by atoms with Gasteiger partial charge in [-0.1, -0.05) is 0 Å². The first-order chi connectivity index (χ1) is 9.20. The average Bonchev–Trinajstić information content (AvgIpc) is 2.73. The smallest absolute Gasteiger partial charge is 0.163 e. The Labute approximate surface area is 112 Å². The maximum atomic E-state index is 5.67. The van der Waals surface area contributed by atoms with Crippen LogP contribution in [0.1, 0.15) is 25.7 Å². The minimum absolute atomic E-state index is 0.342. The predicted molar refractivity (Wildman–Crippen MR) is 73.9 cm³/mol. The summed E-state index contributed by atoms with van der Waals surface area (Å²) in [7, 11) is 0. The van der Waals surface area contributed by atoms with Gasteiger partial charge in [0.15, 0.2) is 11.5 Å². The van der Waals surface area contributed by atoms with Crippen molar-refractivity contribution in [1.82, 2.24) is 9.55 Å². The van der Waals surface area contributed by atoms with Crippen LogP contribution in [0, 0.1) is 0 Å². The molecule has 0 radical (unpaired) electrons. The van der Waals surface area contributed by atoms with Crippen LogP contribution in [-0.4, -0.2) is 29.3 Å². The number of hydrogen-bond donors (Lipinski definition) is 1. The number of fused-ring (bicyclic) bond motifs is 2. The summed E-state index contributed by atoms with van der Waals surface area (Å²) < 4.78 is 13.5. The molecule has 2 heterocycles. The van der Waals surface area contributed by atoms with Gasteiger partial charge in [-0.25, -0.2) is 4.98 Å². The highest BCUT2D eigenvalue weighted by Crippen LogP contribution is 2.35. The van der Waals surface area contributed by atoms with Crippen molar-refractivity contribution in [1.29, 1.82) is 0 Å². The molecule has 3 rings (SSSR count). The predicted octanol–water partition coefficient (Wildman–Crippen LogP) is 1.89. The zero-order valence-electron chi connectivity index (χ0n) is 11.3. The summed E-state index contributed by atoms with van der Waals surface area (Å²) in [6, 6.07) is 4.33. The van der Waals surface area contributed by atoms with Crippen LogP contribution in [0.15, 0.2) is 12.1 Å². The van der Waals surface area contributed by atoms with Crippen LogP contribution in [0.2, 0.25) is 0 Å². The van der Waals surface area contributed by atoms with Crippen molar-refractivity contribution < 1.29 is 9.47 Å². The fraction of sp³-hybridized carbons (Fsp3) is 0.500. The van der Waals surface area contributed by atoms with E-state index in [0.717, 1.165) is 34.8 Å². The van der Waals surface area contributed by atoms with E-state index >= 15 is 0 Å². The monoisotopic (exact) mass is 261 g/mol. The Balaban J connectivity index is 2.20. The minimum atomic E-state index is 0.342. The first kappa shape index (κ1) is 12.3. The van der Waals surface area contributed by atoms with Crippen LogP contribution in [-0.2, 0) is 6.42 Å². The Morgan fingerprint density at radius 1 is 1.26 bits per heavy atom. The number of nitrogens with two attached hydrogens (primary N) is 1. The lowest BCUT2D eigenvalue weighted by Gasteiger charge is -2.19. The number of hydrogen-bond acceptors (Lipinski definition) is 4. The van der Waals surface area contributed by atoms with Gasteiger partial charge in [0, 0.05) is 24.6 Å². The second kappa shape index (κ2) is 4.74. The summed E-state index contributed by atoms with van der Waals surface area (Å²) >= 11 is 0. The van der Waals surface area contributed by atoms with Gasteiger partial charge in [0.1, 0.15) is 19.0 Å². The minimum Gasteiger partial charge on any atom is -0.486 e. The quantitative estimate of drug-likeness (QED) is 0.916. The molecule has 0 aliphatic carbocycles. The summed E-state index contributed by atoms with van der Waals surface area (Å²) in [5, 5.41) is 0. The fourth-order valence-corrected chi connectivity index (χ4v) is 2.56. The Kier molecular flexibility index (Phi) is 3.06. The molecule has 19 heavy (non-hydrogen) atoms. The van der Waals surface area contributed by atoms with Crippen molar-refractivity contribution in [2.24, 2.45) is 5.73 Å². The average molecular weight is 261 g/mol. The standard InChI is InChI=1S/C14H19N3O2/c1-9(2)17-11-8-13-12(18-5-6-19-13)7-10(11)16-14(17)3-4-15/h7-9H,3-6,15H2,1-2H3. The molecule has 1 aromatic carbocycles. The second-order valence-electron chi connectivity index (χ2n) is 5.02. The molecule has 0 bridgehead atoms. The summed E-state index contributed by atoms with van der Waals surface area (Å²) in [5.74, 6) is 2.61. The van der Waals surface area contributed by atoms with E-state index in [4.69, 9.17) is 15.2 Å². The number of nitrogens with zero attached hydrogens (tertiary/aromatic N) is 2. The van der Waals surface area contributed by atoms with E-state index in [9.17, 15) is 0 Å². The van der Waals surface area contributed by atoms with Crippen molar-refractivity contribution in [3.63, 3.8) is 0 Å². The Bertz CT molecular complexity index is 604. The van der Waals surface area contributed by atoms with Crippen molar-refractivity contribution >= 4 is 11.0 Å². The van der Waals surface area contributed by atoms with Crippen molar-refractivity contribution in [3.8, 4) is 11.5 Å². The third-order valence-electron chi connectivity index (χ3n) is 3.31. The van der Waals surface area contributed by atoms with Gasteiger partial charge in [-0.3, -0.25) is 0 Å². The second-order valence-corrected chi connectivity index (χ2v) is 5.02. The van der Waals surface area contributed by atoms with Crippen LogP contribution in [0.4, 0.5) is 0 Å². The third-order valence-corrected chi connectivity index (χ3v) is 3.31. The highest BCUT2D eigenvalue weighted by atomic mass is 16.6. The number of rotatable bonds is 3. The lowest BCUT2D eigenvalue weighted by molar-refractivity contribution is 0.172. The van der Waals surface area contributed by atoms with Crippen LogP contribution < -0.4 is 15.2 Å². The summed E-state index contributed by atoms with van der Waals surface area (Å²) in [4.78, 5) is 4.68. The van der Waals surface area contributed by atoms with Crippen LogP contribution in [0.25, 0.3) is 11.0 Å². The molecule has 1 aliphatic rings. The third kappa shape index (κ3) is 2.04. The summed E-state index contributed by atoms with van der Waals surface area (Å²) in [6.45, 7) is 6.10. The maximum absolute atomic E-state index is 5.67. The van der Waals surface area contributed by atoms with E-state index < -0.39 is 0 Å². The lowest BCUT2D eigenvalue weighted by Crippen LogP contribution is -2.15. The first-order valence-corrected chi connectivity index (χ1v) is 6.71. The van der Waals surface area contributed by atoms with Gasteiger partial charge in [-0.05, 0) is 20.4 Å². The zero-order valence-corrected chi connectivity index (χ0v) is 11.3. The number of aromatic nitrogens is 2. The van der Waals surface area contributed by atoms with E-state index in [0.29, 0.717) is 25.8 Å². The molecular formula is C14H19N3O2. The van der Waals surface area contributed by atoms with Crippen LogP contribution in [0.5, 0.6) is 11.5 Å². The van der Waals surface area contributed by atoms with Gasteiger partial charge in [0.2, 0.25) is 0 Å². The number of ether oxygens (including phenoxy) is 2. The highest BCUT2D eigenvalue weighted by molar-refractivity contribution is 5.81. The van der Waals surface area contributed by atoms with E-state index in [-0.39, 0.29) is 0 Å². The molecule has 0 fully saturated rings. The van der Waals surface area contributed by atoms with Crippen LogP contribution >= 0.6 is 0 Å². The van der Waals surface area contributed by atoms with E-state index in [1.54, 1.807) is 0 Å². The number of imidazole rings is 1. The van der Waals surface area contributed by atoms with Crippen molar-refractivity contribution in [2.45, 2.75) is 26.3 Å². The van der Waals surface area contributed by atoms with Crippen molar-refractivity contribution in [2.75, 3.05) is 19.8 Å². The molecule has 2 N–H and O–H groups in total. The Morgan fingerprint density at radius 2 is 1.95 bits per heavy atom. The fourth-order valence-electron chi connectivity index (χ4n) is 2.56. The largest absolute Gasteiger partial charge is 0.486 e. The molecule has 0 saturated carbocycles. The molecule has 1 aromatic heterocycles. The molecule has 5 heteroatoms. The van der Waals surface area contributed by atoms with Crippen molar-refractivity contribution in [3.05, 3.63) is 18.0 Å².